The normalized spacial score (nSPS) is 12.3. The lowest BCUT2D eigenvalue weighted by atomic mass is 10.3. The fourth-order valence-electron chi connectivity index (χ4n) is 0.823. The van der Waals surface area contributed by atoms with Gasteiger partial charge in [-0.05, 0) is 27.7 Å². The van der Waals surface area contributed by atoms with Crippen LogP contribution in [0.5, 0.6) is 0 Å². The third-order valence-corrected chi connectivity index (χ3v) is 1.40. The Hall–Kier alpha value is 0.0200. The molecule has 0 saturated carbocycles. The molecule has 0 aromatic rings. The van der Waals surface area contributed by atoms with Crippen LogP contribution in [0.15, 0.2) is 0 Å². The van der Waals surface area contributed by atoms with E-state index in [-0.39, 0.29) is 20.8 Å². The van der Waals surface area contributed by atoms with Crippen molar-refractivity contribution < 1.29 is 9.19 Å². The van der Waals surface area contributed by atoms with E-state index in [4.69, 9.17) is 4.62 Å². The van der Waals surface area contributed by atoms with Crippen LogP contribution in [0, 0.1) is 0 Å². The Morgan fingerprint density at radius 1 is 1.20 bits per heavy atom. The lowest BCUT2D eigenvalue weighted by Crippen LogP contribution is -2.34. The largest absolute Gasteiger partial charge is 0.346 e. The zero-order valence-electron chi connectivity index (χ0n) is 6.87. The Labute approximate surface area is 63.6 Å². The van der Waals surface area contributed by atoms with Gasteiger partial charge in [0, 0.05) is 12.1 Å². The monoisotopic (exact) mass is 163 g/mol. The van der Waals surface area contributed by atoms with Gasteiger partial charge in [-0.3, -0.25) is 0 Å². The molecule has 4 heteroatoms. The Morgan fingerprint density at radius 2 is 1.60 bits per heavy atom. The second-order valence-electron chi connectivity index (χ2n) is 2.70. The van der Waals surface area contributed by atoms with Gasteiger partial charge in [0.25, 0.3) is 0 Å². The number of hydroxylamine groups is 2. The number of rotatable bonds is 4. The molecule has 0 rings (SSSR count). The van der Waals surface area contributed by atoms with E-state index in [1.807, 2.05) is 27.7 Å². The van der Waals surface area contributed by atoms with E-state index in [1.54, 1.807) is 5.06 Å². The van der Waals surface area contributed by atoms with E-state index < -0.39 is 0 Å². The van der Waals surface area contributed by atoms with Crippen LogP contribution in [0.1, 0.15) is 27.7 Å². The number of hydrogen-bond donors (Lipinski definition) is 0. The Kier molecular flexibility index (Phi) is 4.79. The van der Waals surface area contributed by atoms with E-state index >= 15 is 0 Å². The molecule has 0 aliphatic rings. The molecule has 0 aromatic carbocycles. The number of hydrogen-bond acceptors (Lipinski definition) is 3. The van der Waals surface area contributed by atoms with Gasteiger partial charge < -0.3 is 0 Å². The molecule has 10 heavy (non-hydrogen) atoms. The minimum atomic E-state index is -0.279. The van der Waals surface area contributed by atoms with Gasteiger partial charge in [-0.2, -0.15) is 5.06 Å². The smallest absolute Gasteiger partial charge is 0.239 e. The van der Waals surface area contributed by atoms with E-state index in [9.17, 15) is 4.57 Å². The summed E-state index contributed by atoms with van der Waals surface area (Å²) in [6.07, 6.45) is 0. The molecule has 60 valence electrons. The highest BCUT2D eigenvalue weighted by Gasteiger charge is 2.13. The summed E-state index contributed by atoms with van der Waals surface area (Å²) in [6, 6.07) is 0.530. The van der Waals surface area contributed by atoms with Crippen molar-refractivity contribution in [1.29, 1.82) is 0 Å². The number of nitrogens with zero attached hydrogens (tertiary/aromatic N) is 1. The summed E-state index contributed by atoms with van der Waals surface area (Å²) < 4.78 is 14.9. The molecular weight excluding hydrogens is 149 g/mol. The summed E-state index contributed by atoms with van der Waals surface area (Å²) >= 11 is 0. The first-order valence-corrected chi connectivity index (χ1v) is 4.10. The Morgan fingerprint density at radius 3 is 1.70 bits per heavy atom. The molecule has 0 aliphatic carbocycles. The minimum absolute atomic E-state index is 0.265. The maximum absolute atomic E-state index is 10.1. The second kappa shape index (κ2) is 4.78. The van der Waals surface area contributed by atoms with Crippen molar-refractivity contribution in [3.05, 3.63) is 0 Å². The van der Waals surface area contributed by atoms with Crippen molar-refractivity contribution in [3.8, 4) is 0 Å². The first kappa shape index (κ1) is 10.0. The highest BCUT2D eigenvalue weighted by Crippen LogP contribution is 2.10. The summed E-state index contributed by atoms with van der Waals surface area (Å²) in [6.45, 7) is 7.96. The Balaban J connectivity index is 3.84. The van der Waals surface area contributed by atoms with E-state index in [0.717, 1.165) is 0 Å². The zero-order chi connectivity index (χ0) is 8.15. The van der Waals surface area contributed by atoms with Crippen molar-refractivity contribution in [2.24, 2.45) is 0 Å². The summed E-state index contributed by atoms with van der Waals surface area (Å²) in [4.78, 5) is 0. The van der Waals surface area contributed by atoms with Crippen molar-refractivity contribution >= 4 is 8.69 Å². The summed E-state index contributed by atoms with van der Waals surface area (Å²) in [5, 5.41) is 1.69. The van der Waals surface area contributed by atoms with Crippen LogP contribution in [0.2, 0.25) is 0 Å². The summed E-state index contributed by atoms with van der Waals surface area (Å²) in [7, 11) is -0.279. The molecule has 0 atom stereocenters. The first-order valence-electron chi connectivity index (χ1n) is 3.37. The van der Waals surface area contributed by atoms with Crippen molar-refractivity contribution in [2.75, 3.05) is 0 Å². The van der Waals surface area contributed by atoms with Crippen LogP contribution in [-0.4, -0.2) is 17.1 Å². The molecule has 0 amide bonds. The van der Waals surface area contributed by atoms with Crippen LogP contribution < -0.4 is 0 Å². The lowest BCUT2D eigenvalue weighted by molar-refractivity contribution is -0.100. The summed E-state index contributed by atoms with van der Waals surface area (Å²) in [5.41, 5.74) is 0. The van der Waals surface area contributed by atoms with Gasteiger partial charge in [0.1, 0.15) is 0 Å². The van der Waals surface area contributed by atoms with Gasteiger partial charge in [0.15, 0.2) is 0 Å². The molecule has 0 spiro atoms. The Bertz CT molecular complexity index is 97.9. The quantitative estimate of drug-likeness (QED) is 0.470. The fraction of sp³-hybridized carbons (Fsp3) is 1.00. The third-order valence-electron chi connectivity index (χ3n) is 1.15. The molecule has 0 radical (unpaired) electrons. The molecule has 0 fully saturated rings. The highest BCUT2D eigenvalue weighted by molar-refractivity contribution is 7.17. The van der Waals surface area contributed by atoms with Crippen LogP contribution in [0.3, 0.4) is 0 Å². The highest BCUT2D eigenvalue weighted by atomic mass is 31.1. The van der Waals surface area contributed by atoms with Gasteiger partial charge in [0.05, 0.1) is 0 Å². The average molecular weight is 163 g/mol. The van der Waals surface area contributed by atoms with Crippen molar-refractivity contribution in [2.45, 2.75) is 39.8 Å². The molecule has 0 unspecified atom stereocenters. The van der Waals surface area contributed by atoms with Crippen molar-refractivity contribution in [3.63, 3.8) is 0 Å². The van der Waals surface area contributed by atoms with Gasteiger partial charge in [-0.25, -0.2) is 9.19 Å². The SMILES string of the molecule is CC(C)N(OP=O)C(C)C. The van der Waals surface area contributed by atoms with Crippen molar-refractivity contribution in [1.82, 2.24) is 5.06 Å². The standard InChI is InChI=1S/C6H14NO2P/c1-5(2)7(6(3)4)9-10-8/h5-6H,1-4H3. The average Bonchev–Trinajstić information content (AvgIpc) is 1.81. The molecule has 0 aliphatic heterocycles. The predicted octanol–water partition coefficient (Wildman–Crippen LogP) is 2.24. The van der Waals surface area contributed by atoms with E-state index in [0.29, 0.717) is 0 Å². The van der Waals surface area contributed by atoms with Crippen LogP contribution in [-0.2, 0) is 9.19 Å². The van der Waals surface area contributed by atoms with Crippen LogP contribution in [0.4, 0.5) is 0 Å². The predicted molar refractivity (Wildman–Crippen MR) is 40.8 cm³/mol. The summed E-state index contributed by atoms with van der Waals surface area (Å²) in [5.74, 6) is 0. The molecule has 0 aromatic heterocycles. The maximum atomic E-state index is 10.1. The fourth-order valence-corrected chi connectivity index (χ4v) is 1.28. The van der Waals surface area contributed by atoms with Gasteiger partial charge >= 0.3 is 8.69 Å². The molecule has 0 heterocycles. The lowest BCUT2D eigenvalue weighted by Gasteiger charge is -2.25. The molecule has 0 saturated heterocycles. The third kappa shape index (κ3) is 3.25. The molecule has 0 bridgehead atoms. The van der Waals surface area contributed by atoms with E-state index in [2.05, 4.69) is 0 Å². The minimum Gasteiger partial charge on any atom is -0.239 e. The van der Waals surface area contributed by atoms with Gasteiger partial charge in [0.2, 0.25) is 0 Å². The van der Waals surface area contributed by atoms with Crippen LogP contribution >= 0.6 is 8.69 Å². The van der Waals surface area contributed by atoms with Gasteiger partial charge in [-0.15, -0.1) is 0 Å². The first-order chi connectivity index (χ1) is 4.59. The zero-order valence-corrected chi connectivity index (χ0v) is 7.76. The molecular formula is C6H14NO2P. The molecule has 3 nitrogen and oxygen atoms in total. The second-order valence-corrected chi connectivity index (χ2v) is 3.02. The maximum Gasteiger partial charge on any atom is 0.346 e. The van der Waals surface area contributed by atoms with E-state index in [1.165, 1.54) is 0 Å². The van der Waals surface area contributed by atoms with Gasteiger partial charge in [-0.1, -0.05) is 0 Å². The molecule has 0 N–H and O–H groups in total. The topological polar surface area (TPSA) is 29.5 Å². The van der Waals surface area contributed by atoms with Crippen LogP contribution in [0.25, 0.3) is 0 Å².